The van der Waals surface area contributed by atoms with E-state index in [1.807, 2.05) is 29.8 Å². The summed E-state index contributed by atoms with van der Waals surface area (Å²) < 4.78 is 7.27. The van der Waals surface area contributed by atoms with E-state index < -0.39 is 16.9 Å². The number of aryl methyl sites for hydroxylation is 1. The van der Waals surface area contributed by atoms with Crippen LogP contribution in [-0.2, 0) is 7.05 Å². The maximum atomic E-state index is 11.6. The van der Waals surface area contributed by atoms with E-state index >= 15 is 0 Å². The number of nitrogens with two attached hydrogens (primary N) is 1. The first-order chi connectivity index (χ1) is 13.4. The molecule has 0 radical (unpaired) electrons. The molecule has 28 heavy (non-hydrogen) atoms. The average molecular weight is 381 g/mol. The number of aromatic nitrogens is 2. The number of amides is 1. The fourth-order valence-corrected chi connectivity index (χ4v) is 2.96. The summed E-state index contributed by atoms with van der Waals surface area (Å²) >= 11 is 0. The average Bonchev–Trinajstić information content (AvgIpc) is 3.11. The third-order valence-electron chi connectivity index (χ3n) is 4.35. The molecule has 0 saturated carbocycles. The minimum atomic E-state index is -0.736. The largest absolute Gasteiger partial charge is 0.496 e. The van der Waals surface area contributed by atoms with Gasteiger partial charge in [-0.15, -0.1) is 0 Å². The summed E-state index contributed by atoms with van der Waals surface area (Å²) in [4.78, 5) is 26.8. The molecular weight excluding hydrogens is 362 g/mol. The van der Waals surface area contributed by atoms with Crippen LogP contribution in [0.5, 0.6) is 5.75 Å². The Labute approximate surface area is 160 Å². The van der Waals surface area contributed by atoms with Gasteiger partial charge in [0.15, 0.2) is 0 Å². The van der Waals surface area contributed by atoms with Gasteiger partial charge < -0.3 is 20.4 Å². The standard InChI is InChI=1S/C19H19N5O4/c1-23-10-9-21-19(23)17(13-5-3-4-6-16(13)28-2)22-14-8-7-12(18(20)25)11-15(14)24(26)27/h3-11,17,22H,1-2H3,(H2,20,25)/t17-/m0/s1. The number of anilines is 1. The first kappa shape index (κ1) is 18.9. The molecule has 9 nitrogen and oxygen atoms in total. The summed E-state index contributed by atoms with van der Waals surface area (Å²) in [5, 5.41) is 14.7. The van der Waals surface area contributed by atoms with Crippen LogP contribution in [0.1, 0.15) is 27.8 Å². The molecule has 0 fully saturated rings. The Morgan fingerprint density at radius 1 is 1.32 bits per heavy atom. The molecule has 1 amide bonds. The molecule has 3 rings (SSSR count). The summed E-state index contributed by atoms with van der Waals surface area (Å²) in [6.45, 7) is 0. The molecule has 2 aromatic carbocycles. The molecule has 9 heteroatoms. The Morgan fingerprint density at radius 2 is 2.07 bits per heavy atom. The van der Waals surface area contributed by atoms with Gasteiger partial charge in [-0.2, -0.15) is 0 Å². The highest BCUT2D eigenvalue weighted by molar-refractivity contribution is 5.94. The lowest BCUT2D eigenvalue weighted by Crippen LogP contribution is -2.19. The lowest BCUT2D eigenvalue weighted by Gasteiger charge is -2.22. The number of methoxy groups -OCH3 is 1. The van der Waals surface area contributed by atoms with Gasteiger partial charge >= 0.3 is 0 Å². The van der Waals surface area contributed by atoms with Crippen molar-refractivity contribution in [1.82, 2.24) is 9.55 Å². The van der Waals surface area contributed by atoms with E-state index in [2.05, 4.69) is 10.3 Å². The number of nitrogens with zero attached hydrogens (tertiary/aromatic N) is 3. The molecule has 144 valence electrons. The number of nitrogens with one attached hydrogen (secondary N) is 1. The van der Waals surface area contributed by atoms with Crippen molar-refractivity contribution in [2.45, 2.75) is 6.04 Å². The molecule has 0 aliphatic rings. The van der Waals surface area contributed by atoms with Crippen LogP contribution in [-0.4, -0.2) is 27.5 Å². The van der Waals surface area contributed by atoms with E-state index in [0.29, 0.717) is 11.6 Å². The number of nitro groups is 1. The highest BCUT2D eigenvalue weighted by atomic mass is 16.6. The first-order valence-corrected chi connectivity index (χ1v) is 8.37. The zero-order valence-corrected chi connectivity index (χ0v) is 15.3. The molecule has 1 heterocycles. The topological polar surface area (TPSA) is 125 Å². The highest BCUT2D eigenvalue weighted by Crippen LogP contribution is 2.35. The van der Waals surface area contributed by atoms with Crippen LogP contribution in [0.15, 0.2) is 54.9 Å². The van der Waals surface area contributed by atoms with Crippen molar-refractivity contribution in [2.24, 2.45) is 12.8 Å². The Balaban J connectivity index is 2.12. The van der Waals surface area contributed by atoms with E-state index in [4.69, 9.17) is 10.5 Å². The van der Waals surface area contributed by atoms with Crippen molar-refractivity contribution in [1.29, 1.82) is 0 Å². The van der Waals surface area contributed by atoms with Crippen LogP contribution in [0.4, 0.5) is 11.4 Å². The van der Waals surface area contributed by atoms with Gasteiger partial charge in [0.25, 0.3) is 5.69 Å². The second-order valence-electron chi connectivity index (χ2n) is 6.07. The van der Waals surface area contributed by atoms with Crippen LogP contribution in [0, 0.1) is 10.1 Å². The van der Waals surface area contributed by atoms with Crippen LogP contribution < -0.4 is 15.8 Å². The molecule has 1 aromatic heterocycles. The highest BCUT2D eigenvalue weighted by Gasteiger charge is 2.25. The van der Waals surface area contributed by atoms with Crippen molar-refractivity contribution in [2.75, 3.05) is 12.4 Å². The number of hydrogen-bond donors (Lipinski definition) is 2. The molecule has 0 unspecified atom stereocenters. The predicted molar refractivity (Wildman–Crippen MR) is 103 cm³/mol. The molecule has 3 N–H and O–H groups in total. The minimum Gasteiger partial charge on any atom is -0.496 e. The van der Waals surface area contributed by atoms with Gasteiger partial charge in [-0.05, 0) is 18.2 Å². The SMILES string of the molecule is COc1ccccc1[C@H](Nc1ccc(C(N)=O)cc1[N+](=O)[O-])c1nccn1C. The Morgan fingerprint density at radius 3 is 2.68 bits per heavy atom. The summed E-state index contributed by atoms with van der Waals surface area (Å²) in [5.41, 5.74) is 6.04. The fraction of sp³-hybridized carbons (Fsp3) is 0.158. The minimum absolute atomic E-state index is 0.0584. The van der Waals surface area contributed by atoms with E-state index in [1.165, 1.54) is 12.1 Å². The van der Waals surface area contributed by atoms with Gasteiger partial charge in [0.2, 0.25) is 5.91 Å². The fourth-order valence-electron chi connectivity index (χ4n) is 2.96. The Kier molecular flexibility index (Phi) is 5.25. The first-order valence-electron chi connectivity index (χ1n) is 8.37. The smallest absolute Gasteiger partial charge is 0.293 e. The molecule has 0 bridgehead atoms. The summed E-state index contributed by atoms with van der Waals surface area (Å²) in [6.07, 6.45) is 3.42. The Bertz CT molecular complexity index is 1030. The van der Waals surface area contributed by atoms with Gasteiger partial charge in [-0.25, -0.2) is 4.98 Å². The molecule has 0 aliphatic carbocycles. The van der Waals surface area contributed by atoms with Crippen LogP contribution in [0.25, 0.3) is 0 Å². The number of carbonyl (C=O) groups is 1. The normalized spacial score (nSPS) is 11.6. The number of imidazole rings is 1. The third kappa shape index (κ3) is 3.63. The number of hydrogen-bond acceptors (Lipinski definition) is 6. The van der Waals surface area contributed by atoms with Gasteiger partial charge in [0, 0.05) is 36.6 Å². The lowest BCUT2D eigenvalue weighted by molar-refractivity contribution is -0.384. The van der Waals surface area contributed by atoms with Crippen LogP contribution in [0.2, 0.25) is 0 Å². The quantitative estimate of drug-likeness (QED) is 0.479. The van der Waals surface area contributed by atoms with Crippen molar-refractivity contribution in [3.63, 3.8) is 0 Å². The van der Waals surface area contributed by atoms with Gasteiger partial charge in [-0.3, -0.25) is 14.9 Å². The van der Waals surface area contributed by atoms with Crippen molar-refractivity contribution >= 4 is 17.3 Å². The zero-order chi connectivity index (χ0) is 20.3. The number of primary amides is 1. The second kappa shape index (κ2) is 7.78. The number of para-hydroxylation sites is 1. The second-order valence-corrected chi connectivity index (χ2v) is 6.07. The van der Waals surface area contributed by atoms with Crippen LogP contribution in [0.3, 0.4) is 0 Å². The summed E-state index contributed by atoms with van der Waals surface area (Å²) in [5.74, 6) is 0.511. The van der Waals surface area contributed by atoms with Gasteiger partial charge in [0.1, 0.15) is 23.3 Å². The predicted octanol–water partition coefficient (Wildman–Crippen LogP) is 2.64. The number of rotatable bonds is 7. The van der Waals surface area contributed by atoms with Crippen molar-refractivity contribution in [3.05, 3.63) is 81.9 Å². The van der Waals surface area contributed by atoms with E-state index in [9.17, 15) is 14.9 Å². The van der Waals surface area contributed by atoms with E-state index in [-0.39, 0.29) is 16.9 Å². The lowest BCUT2D eigenvalue weighted by atomic mass is 10.0. The van der Waals surface area contributed by atoms with Crippen molar-refractivity contribution < 1.29 is 14.5 Å². The number of benzene rings is 2. The number of carbonyl (C=O) groups excluding carboxylic acids is 1. The number of nitro benzene ring substituents is 1. The maximum absolute atomic E-state index is 11.6. The summed E-state index contributed by atoms with van der Waals surface area (Å²) in [6, 6.07) is 10.9. The van der Waals surface area contributed by atoms with Crippen molar-refractivity contribution in [3.8, 4) is 5.75 Å². The molecule has 1 atom stereocenters. The zero-order valence-electron chi connectivity index (χ0n) is 15.3. The molecule has 0 saturated heterocycles. The van der Waals surface area contributed by atoms with E-state index in [0.717, 1.165) is 11.6 Å². The maximum Gasteiger partial charge on any atom is 0.293 e. The molecule has 0 aliphatic heterocycles. The monoisotopic (exact) mass is 381 g/mol. The molecule has 3 aromatic rings. The summed E-state index contributed by atoms with van der Waals surface area (Å²) in [7, 11) is 3.38. The van der Waals surface area contributed by atoms with E-state index in [1.54, 1.807) is 25.6 Å². The Hall–Kier alpha value is -3.88. The third-order valence-corrected chi connectivity index (χ3v) is 4.35. The van der Waals surface area contributed by atoms with Gasteiger partial charge in [-0.1, -0.05) is 18.2 Å². The number of ether oxygens (including phenoxy) is 1. The molecular formula is C19H19N5O4. The van der Waals surface area contributed by atoms with Gasteiger partial charge in [0.05, 0.1) is 12.0 Å². The molecule has 0 spiro atoms. The van der Waals surface area contributed by atoms with Crippen LogP contribution >= 0.6 is 0 Å².